The molecule has 6 nitrogen and oxygen atoms in total. The summed E-state index contributed by atoms with van der Waals surface area (Å²) in [5, 5.41) is 9.69. The van der Waals surface area contributed by atoms with Crippen molar-refractivity contribution in [3.63, 3.8) is 0 Å². The van der Waals surface area contributed by atoms with Crippen LogP contribution in [0.2, 0.25) is 0 Å². The van der Waals surface area contributed by atoms with E-state index in [4.69, 9.17) is 0 Å². The second kappa shape index (κ2) is 13.1. The Morgan fingerprint density at radius 1 is 1.00 bits per heavy atom. The van der Waals surface area contributed by atoms with Crippen LogP contribution in [-0.4, -0.2) is 43.6 Å². The SMILES string of the molecule is CN=C(NCCCc1ccccc1)NCc1cccc(NC(=O)N2CCCC2)c1.I. The fourth-order valence-electron chi connectivity index (χ4n) is 3.43. The number of aryl methyl sites for hydroxylation is 1. The van der Waals surface area contributed by atoms with Crippen LogP contribution in [0.1, 0.15) is 30.4 Å². The largest absolute Gasteiger partial charge is 0.356 e. The van der Waals surface area contributed by atoms with Gasteiger partial charge in [-0.25, -0.2) is 4.79 Å². The van der Waals surface area contributed by atoms with E-state index in [2.05, 4.69) is 45.2 Å². The first-order chi connectivity index (χ1) is 14.2. The summed E-state index contributed by atoms with van der Waals surface area (Å²) in [6, 6.07) is 18.4. The molecule has 1 heterocycles. The number of hydrogen-bond acceptors (Lipinski definition) is 2. The summed E-state index contributed by atoms with van der Waals surface area (Å²) >= 11 is 0. The number of likely N-dealkylation sites (tertiary alicyclic amines) is 1. The number of benzene rings is 2. The molecule has 0 saturated carbocycles. The molecule has 162 valence electrons. The van der Waals surface area contributed by atoms with Crippen molar-refractivity contribution in [2.45, 2.75) is 32.2 Å². The molecular formula is C23H32IN5O. The average Bonchev–Trinajstić information content (AvgIpc) is 3.29. The van der Waals surface area contributed by atoms with Crippen molar-refractivity contribution < 1.29 is 4.79 Å². The minimum atomic E-state index is -0.0106. The van der Waals surface area contributed by atoms with Crippen molar-refractivity contribution in [1.29, 1.82) is 0 Å². The Bertz CT molecular complexity index is 806. The first kappa shape index (κ1) is 24.0. The van der Waals surface area contributed by atoms with Gasteiger partial charge in [-0.3, -0.25) is 4.99 Å². The number of carbonyl (C=O) groups is 1. The molecule has 1 aliphatic rings. The third-order valence-electron chi connectivity index (χ3n) is 5.03. The maximum absolute atomic E-state index is 12.3. The van der Waals surface area contributed by atoms with Gasteiger partial charge in [0.25, 0.3) is 0 Å². The highest BCUT2D eigenvalue weighted by Gasteiger charge is 2.17. The Balaban J connectivity index is 0.00000320. The van der Waals surface area contributed by atoms with E-state index >= 15 is 0 Å². The maximum atomic E-state index is 12.3. The zero-order chi connectivity index (χ0) is 20.3. The minimum Gasteiger partial charge on any atom is -0.356 e. The van der Waals surface area contributed by atoms with E-state index in [1.165, 1.54) is 5.56 Å². The standard InChI is InChI=1S/C23H31N5O.HI/c1-24-22(25-14-8-12-19-9-3-2-4-10-19)26-18-20-11-7-13-21(17-20)27-23(29)28-15-5-6-16-28;/h2-4,7,9-11,13,17H,5-6,8,12,14-16,18H2,1H3,(H,27,29)(H2,24,25,26);1H. The lowest BCUT2D eigenvalue weighted by Gasteiger charge is -2.17. The molecule has 3 N–H and O–H groups in total. The van der Waals surface area contributed by atoms with Crippen molar-refractivity contribution in [3.8, 4) is 0 Å². The number of nitrogens with zero attached hydrogens (tertiary/aromatic N) is 2. The molecule has 0 spiro atoms. The lowest BCUT2D eigenvalue weighted by Crippen LogP contribution is -2.37. The van der Waals surface area contributed by atoms with Crippen LogP contribution >= 0.6 is 24.0 Å². The van der Waals surface area contributed by atoms with Crippen LogP contribution < -0.4 is 16.0 Å². The van der Waals surface area contributed by atoms with Gasteiger partial charge in [0.1, 0.15) is 0 Å². The fraction of sp³-hybridized carbons (Fsp3) is 0.391. The molecule has 30 heavy (non-hydrogen) atoms. The predicted octanol–water partition coefficient (Wildman–Crippen LogP) is 4.23. The van der Waals surface area contributed by atoms with E-state index in [9.17, 15) is 4.79 Å². The predicted molar refractivity (Wildman–Crippen MR) is 135 cm³/mol. The summed E-state index contributed by atoms with van der Waals surface area (Å²) < 4.78 is 0. The smallest absolute Gasteiger partial charge is 0.321 e. The molecule has 0 aliphatic carbocycles. The van der Waals surface area contributed by atoms with Crippen molar-refractivity contribution in [3.05, 3.63) is 65.7 Å². The van der Waals surface area contributed by atoms with E-state index < -0.39 is 0 Å². The number of guanidine groups is 1. The quantitative estimate of drug-likeness (QED) is 0.221. The number of halogens is 1. The molecule has 0 radical (unpaired) electrons. The van der Waals surface area contributed by atoms with E-state index in [1.807, 2.05) is 35.2 Å². The van der Waals surface area contributed by atoms with Crippen LogP contribution in [0.4, 0.5) is 10.5 Å². The van der Waals surface area contributed by atoms with Gasteiger partial charge in [-0.1, -0.05) is 42.5 Å². The molecule has 2 aromatic carbocycles. The van der Waals surface area contributed by atoms with Crippen molar-refractivity contribution in [2.24, 2.45) is 4.99 Å². The number of anilines is 1. The number of amides is 2. The normalized spacial score (nSPS) is 13.5. The number of hydrogen-bond donors (Lipinski definition) is 3. The average molecular weight is 521 g/mol. The van der Waals surface area contributed by atoms with Crippen LogP contribution in [0.25, 0.3) is 0 Å². The Kier molecular flexibility index (Phi) is 10.5. The molecule has 3 rings (SSSR count). The highest BCUT2D eigenvalue weighted by Crippen LogP contribution is 2.14. The van der Waals surface area contributed by atoms with E-state index in [0.29, 0.717) is 6.54 Å². The van der Waals surface area contributed by atoms with Crippen LogP contribution in [0.15, 0.2) is 59.6 Å². The summed E-state index contributed by atoms with van der Waals surface area (Å²) in [6.07, 6.45) is 4.27. The highest BCUT2D eigenvalue weighted by molar-refractivity contribution is 14.0. The van der Waals surface area contributed by atoms with Gasteiger partial charge in [-0.15, -0.1) is 24.0 Å². The topological polar surface area (TPSA) is 68.8 Å². The Morgan fingerprint density at radius 2 is 1.73 bits per heavy atom. The molecule has 1 fully saturated rings. The highest BCUT2D eigenvalue weighted by atomic mass is 127. The van der Waals surface area contributed by atoms with Gasteiger partial charge in [0, 0.05) is 38.9 Å². The fourth-order valence-corrected chi connectivity index (χ4v) is 3.43. The minimum absolute atomic E-state index is 0. The molecular weight excluding hydrogens is 489 g/mol. The Morgan fingerprint density at radius 3 is 2.47 bits per heavy atom. The second-order valence-electron chi connectivity index (χ2n) is 7.27. The molecule has 2 amide bonds. The Hall–Kier alpha value is -2.29. The van der Waals surface area contributed by atoms with Crippen molar-refractivity contribution >= 4 is 41.7 Å². The van der Waals surface area contributed by atoms with Gasteiger partial charge in [-0.05, 0) is 48.9 Å². The molecule has 0 aromatic heterocycles. The molecule has 0 atom stereocenters. The molecule has 1 saturated heterocycles. The van der Waals surface area contributed by atoms with Crippen molar-refractivity contribution in [2.75, 3.05) is 32.0 Å². The summed E-state index contributed by atoms with van der Waals surface area (Å²) in [6.45, 7) is 3.20. The monoisotopic (exact) mass is 521 g/mol. The first-order valence-corrected chi connectivity index (χ1v) is 10.4. The summed E-state index contributed by atoms with van der Waals surface area (Å²) in [7, 11) is 1.78. The number of carbonyl (C=O) groups excluding carboxylic acids is 1. The lowest BCUT2D eigenvalue weighted by atomic mass is 10.1. The van der Waals surface area contributed by atoms with E-state index in [1.54, 1.807) is 7.05 Å². The zero-order valence-electron chi connectivity index (χ0n) is 17.6. The number of aliphatic imine (C=N–C) groups is 1. The van der Waals surface area contributed by atoms with Gasteiger partial charge in [0.05, 0.1) is 0 Å². The van der Waals surface area contributed by atoms with E-state index in [0.717, 1.165) is 62.5 Å². The van der Waals surface area contributed by atoms with E-state index in [-0.39, 0.29) is 30.0 Å². The van der Waals surface area contributed by atoms with Gasteiger partial charge < -0.3 is 20.9 Å². The number of urea groups is 1. The van der Waals surface area contributed by atoms with Crippen LogP contribution in [0.3, 0.4) is 0 Å². The van der Waals surface area contributed by atoms with Crippen LogP contribution in [-0.2, 0) is 13.0 Å². The second-order valence-corrected chi connectivity index (χ2v) is 7.27. The summed E-state index contributed by atoms with van der Waals surface area (Å²) in [4.78, 5) is 18.4. The van der Waals surface area contributed by atoms with Crippen molar-refractivity contribution in [1.82, 2.24) is 15.5 Å². The summed E-state index contributed by atoms with van der Waals surface area (Å²) in [5.74, 6) is 0.782. The number of rotatable bonds is 7. The van der Waals surface area contributed by atoms with Crippen LogP contribution in [0, 0.1) is 0 Å². The Labute approximate surface area is 196 Å². The van der Waals surface area contributed by atoms with Gasteiger partial charge in [-0.2, -0.15) is 0 Å². The molecule has 0 unspecified atom stereocenters. The number of nitrogens with one attached hydrogen (secondary N) is 3. The molecule has 2 aromatic rings. The third-order valence-corrected chi connectivity index (χ3v) is 5.03. The first-order valence-electron chi connectivity index (χ1n) is 10.4. The van der Waals surface area contributed by atoms with Gasteiger partial charge in [0.15, 0.2) is 5.96 Å². The molecule has 7 heteroatoms. The molecule has 1 aliphatic heterocycles. The third kappa shape index (κ3) is 7.85. The maximum Gasteiger partial charge on any atom is 0.321 e. The van der Waals surface area contributed by atoms with Crippen LogP contribution in [0.5, 0.6) is 0 Å². The summed E-state index contributed by atoms with van der Waals surface area (Å²) in [5.41, 5.74) is 3.27. The lowest BCUT2D eigenvalue weighted by molar-refractivity contribution is 0.222. The van der Waals surface area contributed by atoms with Gasteiger partial charge in [0.2, 0.25) is 0 Å². The van der Waals surface area contributed by atoms with Gasteiger partial charge >= 0.3 is 6.03 Å². The molecule has 0 bridgehead atoms. The zero-order valence-corrected chi connectivity index (χ0v) is 19.9.